The molecule has 21 heavy (non-hydrogen) atoms. The lowest BCUT2D eigenvalue weighted by Gasteiger charge is -2.39. The van der Waals surface area contributed by atoms with E-state index in [4.69, 9.17) is 0 Å². The Balaban J connectivity index is 2.02. The number of likely N-dealkylation sites (tertiary alicyclic amines) is 1. The molecule has 1 saturated heterocycles. The molecule has 2 atom stereocenters. The number of rotatable bonds is 2. The highest BCUT2D eigenvalue weighted by atomic mass is 15.1. The number of nitrogens with zero attached hydrogens (tertiary/aromatic N) is 1. The standard InChI is InChI=1S/C19H26N2/c1-5-15-9-8-12-21(4)19(15)14(3)18-13(2)16-10-6-7-11-17(16)20-18/h5-7,10-11,14,19-20H,8-9,12H2,1-4H3. The number of allylic oxidation sites excluding steroid dienone is 1. The summed E-state index contributed by atoms with van der Waals surface area (Å²) in [6, 6.07) is 9.16. The van der Waals surface area contributed by atoms with E-state index in [1.165, 1.54) is 41.5 Å². The fourth-order valence-corrected chi connectivity index (χ4v) is 4.04. The maximum atomic E-state index is 3.67. The predicted octanol–water partition coefficient (Wildman–Crippen LogP) is 4.62. The summed E-state index contributed by atoms with van der Waals surface area (Å²) in [6.07, 6.45) is 4.86. The van der Waals surface area contributed by atoms with E-state index in [0.29, 0.717) is 12.0 Å². The largest absolute Gasteiger partial charge is 0.358 e. The van der Waals surface area contributed by atoms with Crippen LogP contribution in [0.25, 0.3) is 10.9 Å². The smallest absolute Gasteiger partial charge is 0.0458 e. The second-order valence-electron chi connectivity index (χ2n) is 6.39. The van der Waals surface area contributed by atoms with Crippen LogP contribution in [0.4, 0.5) is 0 Å². The van der Waals surface area contributed by atoms with Gasteiger partial charge in [-0.2, -0.15) is 0 Å². The number of aromatic nitrogens is 1. The van der Waals surface area contributed by atoms with Gasteiger partial charge in [-0.05, 0) is 51.9 Å². The van der Waals surface area contributed by atoms with Crippen molar-refractivity contribution >= 4 is 10.9 Å². The number of benzene rings is 1. The van der Waals surface area contributed by atoms with E-state index in [9.17, 15) is 0 Å². The summed E-state index contributed by atoms with van der Waals surface area (Å²) in [5.74, 6) is 0.494. The molecule has 3 rings (SSSR count). The molecule has 2 aromatic rings. The minimum atomic E-state index is 0.494. The summed E-state index contributed by atoms with van der Waals surface area (Å²) >= 11 is 0. The van der Waals surface area contributed by atoms with Gasteiger partial charge in [0, 0.05) is 28.6 Å². The minimum absolute atomic E-state index is 0.494. The molecule has 1 aliphatic heterocycles. The first kappa shape index (κ1) is 14.4. The molecule has 0 spiro atoms. The van der Waals surface area contributed by atoms with Crippen LogP contribution >= 0.6 is 0 Å². The molecule has 1 fully saturated rings. The Morgan fingerprint density at radius 2 is 2.10 bits per heavy atom. The summed E-state index contributed by atoms with van der Waals surface area (Å²) in [5.41, 5.74) is 5.66. The first-order valence-electron chi connectivity index (χ1n) is 8.06. The van der Waals surface area contributed by atoms with Gasteiger partial charge in [0.1, 0.15) is 0 Å². The second-order valence-corrected chi connectivity index (χ2v) is 6.39. The lowest BCUT2D eigenvalue weighted by atomic mass is 9.84. The van der Waals surface area contributed by atoms with E-state index in [-0.39, 0.29) is 0 Å². The van der Waals surface area contributed by atoms with E-state index in [1.54, 1.807) is 5.57 Å². The Kier molecular flexibility index (Phi) is 3.90. The van der Waals surface area contributed by atoms with Gasteiger partial charge in [-0.3, -0.25) is 4.90 Å². The normalized spacial score (nSPS) is 23.8. The zero-order valence-corrected chi connectivity index (χ0v) is 13.6. The molecule has 0 amide bonds. The maximum Gasteiger partial charge on any atom is 0.0458 e. The highest BCUT2D eigenvalue weighted by Gasteiger charge is 2.30. The van der Waals surface area contributed by atoms with Crippen LogP contribution in [0.3, 0.4) is 0 Å². The van der Waals surface area contributed by atoms with Gasteiger partial charge < -0.3 is 4.98 Å². The Bertz CT molecular complexity index is 665. The quantitative estimate of drug-likeness (QED) is 0.796. The molecule has 0 bridgehead atoms. The van der Waals surface area contributed by atoms with Crippen LogP contribution in [-0.4, -0.2) is 29.5 Å². The lowest BCUT2D eigenvalue weighted by Crippen LogP contribution is -2.41. The topological polar surface area (TPSA) is 19.0 Å². The first-order valence-corrected chi connectivity index (χ1v) is 8.06. The monoisotopic (exact) mass is 282 g/mol. The minimum Gasteiger partial charge on any atom is -0.358 e. The third-order valence-corrected chi connectivity index (χ3v) is 5.14. The van der Waals surface area contributed by atoms with Gasteiger partial charge in [0.2, 0.25) is 0 Å². The number of fused-ring (bicyclic) bond motifs is 1. The first-order chi connectivity index (χ1) is 10.1. The molecule has 2 heterocycles. The van der Waals surface area contributed by atoms with Gasteiger partial charge in [-0.25, -0.2) is 0 Å². The number of H-pyrrole nitrogens is 1. The van der Waals surface area contributed by atoms with Gasteiger partial charge in [0.15, 0.2) is 0 Å². The van der Waals surface area contributed by atoms with Gasteiger partial charge >= 0.3 is 0 Å². The van der Waals surface area contributed by atoms with Gasteiger partial charge in [0.25, 0.3) is 0 Å². The van der Waals surface area contributed by atoms with Crippen molar-refractivity contribution in [1.82, 2.24) is 9.88 Å². The molecule has 0 radical (unpaired) electrons. The summed E-state index contributed by atoms with van der Waals surface area (Å²) in [7, 11) is 2.27. The Morgan fingerprint density at radius 3 is 2.81 bits per heavy atom. The van der Waals surface area contributed by atoms with E-state index < -0.39 is 0 Å². The highest BCUT2D eigenvalue weighted by molar-refractivity contribution is 5.84. The second kappa shape index (κ2) is 5.69. The Morgan fingerprint density at radius 1 is 1.33 bits per heavy atom. The van der Waals surface area contributed by atoms with Crippen LogP contribution in [-0.2, 0) is 0 Å². The van der Waals surface area contributed by atoms with Crippen molar-refractivity contribution in [2.24, 2.45) is 0 Å². The summed E-state index contributed by atoms with van der Waals surface area (Å²) in [6.45, 7) is 8.01. The van der Waals surface area contributed by atoms with Crippen molar-refractivity contribution in [3.63, 3.8) is 0 Å². The van der Waals surface area contributed by atoms with Crippen LogP contribution in [0.15, 0.2) is 35.9 Å². The van der Waals surface area contributed by atoms with Crippen molar-refractivity contribution in [2.75, 3.05) is 13.6 Å². The molecular formula is C19H26N2. The van der Waals surface area contributed by atoms with Crippen LogP contribution in [0.1, 0.15) is 43.9 Å². The van der Waals surface area contributed by atoms with Crippen molar-refractivity contribution in [3.05, 3.63) is 47.2 Å². The third kappa shape index (κ3) is 2.42. The van der Waals surface area contributed by atoms with E-state index in [1.807, 2.05) is 0 Å². The van der Waals surface area contributed by atoms with Crippen LogP contribution < -0.4 is 0 Å². The highest BCUT2D eigenvalue weighted by Crippen LogP contribution is 2.36. The molecule has 1 aromatic carbocycles. The third-order valence-electron chi connectivity index (χ3n) is 5.14. The molecular weight excluding hydrogens is 256 g/mol. The molecule has 112 valence electrons. The number of likely N-dealkylation sites (N-methyl/N-ethyl adjacent to an activating group) is 1. The molecule has 1 aliphatic rings. The number of aromatic amines is 1. The number of hydrogen-bond acceptors (Lipinski definition) is 1. The van der Waals surface area contributed by atoms with Gasteiger partial charge in [0.05, 0.1) is 0 Å². The average molecular weight is 282 g/mol. The summed E-state index contributed by atoms with van der Waals surface area (Å²) < 4.78 is 0. The fourth-order valence-electron chi connectivity index (χ4n) is 4.04. The van der Waals surface area contributed by atoms with Gasteiger partial charge in [-0.1, -0.05) is 36.8 Å². The predicted molar refractivity (Wildman–Crippen MR) is 90.9 cm³/mol. The van der Waals surface area contributed by atoms with E-state index >= 15 is 0 Å². The number of hydrogen-bond donors (Lipinski definition) is 1. The average Bonchev–Trinajstić information content (AvgIpc) is 2.84. The molecule has 1 N–H and O–H groups in total. The van der Waals surface area contributed by atoms with Crippen LogP contribution in [0.2, 0.25) is 0 Å². The SMILES string of the molecule is CC=C1CCCN(C)C1C(C)c1[nH]c2ccccc2c1C. The Labute approximate surface area is 127 Å². The Hall–Kier alpha value is -1.54. The van der Waals surface area contributed by atoms with E-state index in [2.05, 4.69) is 68.0 Å². The van der Waals surface area contributed by atoms with E-state index in [0.717, 1.165) is 0 Å². The van der Waals surface area contributed by atoms with Crippen molar-refractivity contribution in [1.29, 1.82) is 0 Å². The molecule has 1 aromatic heterocycles. The molecule has 2 nitrogen and oxygen atoms in total. The molecule has 2 heteroatoms. The van der Waals surface area contributed by atoms with Crippen molar-refractivity contribution < 1.29 is 0 Å². The number of nitrogens with one attached hydrogen (secondary N) is 1. The molecule has 0 aliphatic carbocycles. The van der Waals surface area contributed by atoms with Crippen LogP contribution in [0, 0.1) is 6.92 Å². The fraction of sp³-hybridized carbons (Fsp3) is 0.474. The van der Waals surface area contributed by atoms with Crippen molar-refractivity contribution in [2.45, 2.75) is 45.6 Å². The number of para-hydroxylation sites is 1. The summed E-state index contributed by atoms with van der Waals surface area (Å²) in [5, 5.41) is 1.36. The van der Waals surface area contributed by atoms with Gasteiger partial charge in [-0.15, -0.1) is 0 Å². The van der Waals surface area contributed by atoms with Crippen molar-refractivity contribution in [3.8, 4) is 0 Å². The molecule has 2 unspecified atom stereocenters. The summed E-state index contributed by atoms with van der Waals surface area (Å²) in [4.78, 5) is 6.19. The van der Waals surface area contributed by atoms with Crippen LogP contribution in [0.5, 0.6) is 0 Å². The zero-order valence-electron chi connectivity index (χ0n) is 13.6. The maximum absolute atomic E-state index is 3.67. The zero-order chi connectivity index (χ0) is 15.0. The number of aryl methyl sites for hydroxylation is 1. The number of piperidine rings is 1. The molecule has 0 saturated carbocycles. The lowest BCUT2D eigenvalue weighted by molar-refractivity contribution is 0.211.